The van der Waals surface area contributed by atoms with Gasteiger partial charge in [-0.15, -0.1) is 11.3 Å². The molecule has 0 aliphatic carbocycles. The number of hydrogen-bond acceptors (Lipinski definition) is 4. The summed E-state index contributed by atoms with van der Waals surface area (Å²) in [5.74, 6) is 0.797. The minimum atomic E-state index is -0.0174. The first-order chi connectivity index (χ1) is 13.2. The number of rotatable bonds is 6. The number of methoxy groups -OCH3 is 1. The number of carbonyl (C=O) groups excluding carboxylic acids is 1. The van der Waals surface area contributed by atoms with Gasteiger partial charge in [0.15, 0.2) is 4.96 Å². The van der Waals surface area contributed by atoms with Gasteiger partial charge in [-0.25, -0.2) is 4.98 Å². The summed E-state index contributed by atoms with van der Waals surface area (Å²) in [6.45, 7) is 0. The molecule has 2 aromatic carbocycles. The Hall–Kier alpha value is -3.12. The molecule has 0 radical (unpaired) electrons. The van der Waals surface area contributed by atoms with Crippen LogP contribution in [0.3, 0.4) is 0 Å². The summed E-state index contributed by atoms with van der Waals surface area (Å²) in [7, 11) is 1.64. The molecule has 136 valence electrons. The van der Waals surface area contributed by atoms with Crippen LogP contribution in [0.25, 0.3) is 16.2 Å². The fraction of sp³-hybridized carbons (Fsp3) is 0.143. The van der Waals surface area contributed by atoms with E-state index in [9.17, 15) is 4.79 Å². The van der Waals surface area contributed by atoms with Gasteiger partial charge in [-0.2, -0.15) is 0 Å². The number of aromatic nitrogens is 2. The second-order valence-corrected chi connectivity index (χ2v) is 7.03. The molecule has 0 fully saturated rings. The second-order valence-electron chi connectivity index (χ2n) is 6.16. The monoisotopic (exact) mass is 377 g/mol. The zero-order valence-electron chi connectivity index (χ0n) is 14.9. The average Bonchev–Trinajstić information content (AvgIpc) is 3.29. The predicted molar refractivity (Wildman–Crippen MR) is 108 cm³/mol. The number of benzene rings is 2. The van der Waals surface area contributed by atoms with Crippen molar-refractivity contribution in [2.45, 2.75) is 12.8 Å². The molecule has 4 aromatic rings. The summed E-state index contributed by atoms with van der Waals surface area (Å²) in [6, 6.07) is 15.5. The quantitative estimate of drug-likeness (QED) is 0.532. The molecule has 0 saturated heterocycles. The van der Waals surface area contributed by atoms with Gasteiger partial charge in [0.2, 0.25) is 5.91 Å². The lowest BCUT2D eigenvalue weighted by Gasteiger charge is -2.09. The number of para-hydroxylation sites is 1. The molecule has 0 atom stereocenters. The van der Waals surface area contributed by atoms with Crippen molar-refractivity contribution in [1.82, 2.24) is 9.38 Å². The van der Waals surface area contributed by atoms with E-state index in [-0.39, 0.29) is 5.91 Å². The van der Waals surface area contributed by atoms with E-state index >= 15 is 0 Å². The summed E-state index contributed by atoms with van der Waals surface area (Å²) >= 11 is 1.61. The van der Waals surface area contributed by atoms with E-state index in [1.54, 1.807) is 18.4 Å². The second kappa shape index (κ2) is 7.63. The number of amides is 1. The van der Waals surface area contributed by atoms with E-state index < -0.39 is 0 Å². The Balaban J connectivity index is 1.37. The zero-order valence-corrected chi connectivity index (χ0v) is 15.7. The molecular formula is C21H19N3O2S. The van der Waals surface area contributed by atoms with Crippen molar-refractivity contribution in [3.05, 3.63) is 71.9 Å². The van der Waals surface area contributed by atoms with Crippen LogP contribution in [0.5, 0.6) is 5.75 Å². The summed E-state index contributed by atoms with van der Waals surface area (Å²) in [5, 5.41) is 4.96. The van der Waals surface area contributed by atoms with Gasteiger partial charge in [-0.1, -0.05) is 30.3 Å². The number of aryl methyl sites for hydroxylation is 1. The van der Waals surface area contributed by atoms with Gasteiger partial charge < -0.3 is 10.1 Å². The van der Waals surface area contributed by atoms with E-state index in [1.807, 2.05) is 70.7 Å². The highest BCUT2D eigenvalue weighted by atomic mass is 32.1. The molecule has 0 spiro atoms. The van der Waals surface area contributed by atoms with Gasteiger partial charge in [0.05, 0.1) is 12.8 Å². The van der Waals surface area contributed by atoms with Crippen molar-refractivity contribution < 1.29 is 9.53 Å². The molecule has 1 amide bonds. The van der Waals surface area contributed by atoms with Crippen LogP contribution < -0.4 is 10.1 Å². The first-order valence-corrected chi connectivity index (χ1v) is 9.55. The summed E-state index contributed by atoms with van der Waals surface area (Å²) in [4.78, 5) is 17.8. The maximum Gasteiger partial charge on any atom is 0.224 e. The van der Waals surface area contributed by atoms with Crippen LogP contribution in [-0.2, 0) is 11.2 Å². The Morgan fingerprint density at radius 3 is 2.78 bits per heavy atom. The third-order valence-corrected chi connectivity index (χ3v) is 5.14. The lowest BCUT2D eigenvalue weighted by molar-refractivity contribution is -0.116. The number of anilines is 1. The van der Waals surface area contributed by atoms with Crippen molar-refractivity contribution in [2.24, 2.45) is 0 Å². The molecule has 0 saturated carbocycles. The van der Waals surface area contributed by atoms with Gasteiger partial charge in [-0.05, 0) is 30.2 Å². The van der Waals surface area contributed by atoms with Crippen molar-refractivity contribution in [1.29, 1.82) is 0 Å². The van der Waals surface area contributed by atoms with Gasteiger partial charge in [0.25, 0.3) is 0 Å². The molecule has 0 bridgehead atoms. The van der Waals surface area contributed by atoms with Gasteiger partial charge in [-0.3, -0.25) is 9.20 Å². The summed E-state index contributed by atoms with van der Waals surface area (Å²) < 4.78 is 7.34. The van der Waals surface area contributed by atoms with Crippen molar-refractivity contribution >= 4 is 27.9 Å². The van der Waals surface area contributed by atoms with E-state index in [2.05, 4.69) is 10.3 Å². The molecule has 0 aliphatic heterocycles. The largest absolute Gasteiger partial charge is 0.496 e. The fourth-order valence-corrected chi connectivity index (χ4v) is 3.67. The normalized spacial score (nSPS) is 10.9. The van der Waals surface area contributed by atoms with E-state index in [4.69, 9.17) is 4.74 Å². The maximum absolute atomic E-state index is 12.3. The smallest absolute Gasteiger partial charge is 0.224 e. The molecular weight excluding hydrogens is 358 g/mol. The number of imidazole rings is 1. The SMILES string of the molecule is COc1ccccc1CCC(=O)Nc1ccc(-c2cn3ccsc3n2)cc1. The highest BCUT2D eigenvalue weighted by Crippen LogP contribution is 2.23. The third kappa shape index (κ3) is 3.85. The number of carbonyl (C=O) groups is 1. The molecule has 1 N–H and O–H groups in total. The molecule has 5 nitrogen and oxygen atoms in total. The van der Waals surface area contributed by atoms with Crippen LogP contribution in [-0.4, -0.2) is 22.4 Å². The van der Waals surface area contributed by atoms with Gasteiger partial charge in [0, 0.05) is 35.4 Å². The lowest BCUT2D eigenvalue weighted by Crippen LogP contribution is -2.12. The first kappa shape index (κ1) is 17.3. The Morgan fingerprint density at radius 1 is 1.19 bits per heavy atom. The number of nitrogens with one attached hydrogen (secondary N) is 1. The number of fused-ring (bicyclic) bond motifs is 1. The molecule has 27 heavy (non-hydrogen) atoms. The van der Waals surface area contributed by atoms with Crippen molar-refractivity contribution in [3.63, 3.8) is 0 Å². The van der Waals surface area contributed by atoms with Gasteiger partial charge >= 0.3 is 0 Å². The number of thiazole rings is 1. The van der Waals surface area contributed by atoms with Crippen LogP contribution in [0.4, 0.5) is 5.69 Å². The molecule has 4 rings (SSSR count). The predicted octanol–water partition coefficient (Wildman–Crippen LogP) is 4.64. The molecule has 6 heteroatoms. The maximum atomic E-state index is 12.3. The van der Waals surface area contributed by atoms with Crippen molar-refractivity contribution in [2.75, 3.05) is 12.4 Å². The fourth-order valence-electron chi connectivity index (χ4n) is 2.97. The van der Waals surface area contributed by atoms with Crippen LogP contribution in [0, 0.1) is 0 Å². The molecule has 2 aromatic heterocycles. The van der Waals surface area contributed by atoms with Crippen LogP contribution in [0.15, 0.2) is 66.3 Å². The molecule has 2 heterocycles. The van der Waals surface area contributed by atoms with E-state index in [0.29, 0.717) is 12.8 Å². The number of hydrogen-bond donors (Lipinski definition) is 1. The third-order valence-electron chi connectivity index (χ3n) is 4.37. The first-order valence-electron chi connectivity index (χ1n) is 8.67. The Morgan fingerprint density at radius 2 is 2.00 bits per heavy atom. The minimum Gasteiger partial charge on any atom is -0.496 e. The van der Waals surface area contributed by atoms with Gasteiger partial charge in [0.1, 0.15) is 5.75 Å². The van der Waals surface area contributed by atoms with Crippen LogP contribution >= 0.6 is 11.3 Å². The lowest BCUT2D eigenvalue weighted by atomic mass is 10.1. The Labute approximate surface area is 161 Å². The number of ether oxygens (including phenoxy) is 1. The topological polar surface area (TPSA) is 55.6 Å². The van der Waals surface area contributed by atoms with Crippen LogP contribution in [0.2, 0.25) is 0 Å². The Kier molecular flexibility index (Phi) is 4.89. The highest BCUT2D eigenvalue weighted by molar-refractivity contribution is 7.15. The highest BCUT2D eigenvalue weighted by Gasteiger charge is 2.08. The number of nitrogens with zero attached hydrogens (tertiary/aromatic N) is 2. The Bertz CT molecular complexity index is 1040. The van der Waals surface area contributed by atoms with E-state index in [0.717, 1.165) is 33.2 Å². The molecule has 0 unspecified atom stereocenters. The molecule has 0 aliphatic rings. The van der Waals surface area contributed by atoms with Crippen LogP contribution in [0.1, 0.15) is 12.0 Å². The summed E-state index contributed by atoms with van der Waals surface area (Å²) in [6.07, 6.45) is 5.04. The average molecular weight is 377 g/mol. The van der Waals surface area contributed by atoms with Crippen molar-refractivity contribution in [3.8, 4) is 17.0 Å². The zero-order chi connectivity index (χ0) is 18.6. The van der Waals surface area contributed by atoms with E-state index in [1.165, 1.54) is 0 Å². The minimum absolute atomic E-state index is 0.0174. The summed E-state index contributed by atoms with van der Waals surface area (Å²) in [5.41, 5.74) is 3.77. The standard InChI is InChI=1S/C21H19N3O2S/c1-26-19-5-3-2-4-16(19)8-11-20(25)22-17-9-6-15(7-10-17)18-14-24-12-13-27-21(24)23-18/h2-7,9-10,12-14H,8,11H2,1H3,(H,22,25).